The van der Waals surface area contributed by atoms with Gasteiger partial charge in [-0.1, -0.05) is 0 Å². The SMILES string of the molecule is CC(C)(C)OC(=O)N[C@@H](CCCN(C(=O)O)C(C)(C)C)CNC(=O)[C@H](CN)NC(=O)OC(C)(C)C. The summed E-state index contributed by atoms with van der Waals surface area (Å²) in [5.41, 5.74) is 3.60. The molecule has 0 fully saturated rings. The highest BCUT2D eigenvalue weighted by Gasteiger charge is 2.27. The molecule has 0 heterocycles. The molecule has 0 aromatic rings. The summed E-state index contributed by atoms with van der Waals surface area (Å²) < 4.78 is 10.5. The lowest BCUT2D eigenvalue weighted by atomic mass is 10.0. The van der Waals surface area contributed by atoms with Crippen molar-refractivity contribution in [3.8, 4) is 0 Å². The monoisotopic (exact) mass is 503 g/mol. The van der Waals surface area contributed by atoms with E-state index in [0.29, 0.717) is 12.8 Å². The highest BCUT2D eigenvalue weighted by molar-refractivity contribution is 5.86. The Morgan fingerprint density at radius 1 is 0.886 bits per heavy atom. The van der Waals surface area contributed by atoms with Crippen molar-refractivity contribution in [2.24, 2.45) is 5.73 Å². The van der Waals surface area contributed by atoms with Crippen LogP contribution >= 0.6 is 0 Å². The fourth-order valence-corrected chi connectivity index (χ4v) is 2.94. The van der Waals surface area contributed by atoms with Gasteiger partial charge >= 0.3 is 18.3 Å². The van der Waals surface area contributed by atoms with E-state index in [-0.39, 0.29) is 19.6 Å². The second kappa shape index (κ2) is 13.4. The molecule has 35 heavy (non-hydrogen) atoms. The Labute approximate surface area is 208 Å². The van der Waals surface area contributed by atoms with E-state index in [1.54, 1.807) is 62.3 Å². The van der Waals surface area contributed by atoms with Crippen LogP contribution in [0.1, 0.15) is 75.2 Å². The summed E-state index contributed by atoms with van der Waals surface area (Å²) in [6.07, 6.45) is -1.68. The summed E-state index contributed by atoms with van der Waals surface area (Å²) in [5.74, 6) is -0.545. The van der Waals surface area contributed by atoms with Gasteiger partial charge in [0, 0.05) is 31.2 Å². The standard InChI is InChI=1S/C23H45N5O7/c1-21(2,3)28(20(32)33)12-10-11-15(26-18(30)34-22(4,5)6)14-25-17(29)16(13-24)27-19(31)35-23(7,8)9/h15-16H,10-14,24H2,1-9H3,(H,25,29)(H,26,30)(H,27,31)(H,32,33)/t15-,16-/m0/s1. The number of nitrogens with one attached hydrogen (secondary N) is 3. The molecule has 12 nitrogen and oxygen atoms in total. The minimum absolute atomic E-state index is 0.0210. The number of ether oxygens (including phenoxy) is 2. The van der Waals surface area contributed by atoms with Crippen molar-refractivity contribution in [1.82, 2.24) is 20.9 Å². The number of hydrogen-bond acceptors (Lipinski definition) is 7. The van der Waals surface area contributed by atoms with Crippen molar-refractivity contribution in [2.75, 3.05) is 19.6 Å². The fourth-order valence-electron chi connectivity index (χ4n) is 2.94. The van der Waals surface area contributed by atoms with Crippen LogP contribution in [0.25, 0.3) is 0 Å². The molecule has 0 saturated heterocycles. The van der Waals surface area contributed by atoms with Gasteiger partial charge in [0.15, 0.2) is 0 Å². The van der Waals surface area contributed by atoms with Crippen molar-refractivity contribution in [3.05, 3.63) is 0 Å². The van der Waals surface area contributed by atoms with Gasteiger partial charge in [-0.2, -0.15) is 0 Å². The summed E-state index contributed by atoms with van der Waals surface area (Å²) >= 11 is 0. The predicted molar refractivity (Wildman–Crippen MR) is 132 cm³/mol. The van der Waals surface area contributed by atoms with Crippen molar-refractivity contribution in [2.45, 2.75) is 104 Å². The molecule has 0 spiro atoms. The van der Waals surface area contributed by atoms with E-state index in [1.807, 2.05) is 0 Å². The smallest absolute Gasteiger partial charge is 0.408 e. The zero-order chi connectivity index (χ0) is 27.6. The number of alkyl carbamates (subject to hydrolysis) is 2. The molecule has 0 rings (SSSR count). The average molecular weight is 504 g/mol. The number of carbonyl (C=O) groups excluding carboxylic acids is 3. The molecule has 0 aromatic carbocycles. The largest absolute Gasteiger partial charge is 0.465 e. The molecule has 6 N–H and O–H groups in total. The first-order valence-corrected chi connectivity index (χ1v) is 11.7. The molecule has 4 amide bonds. The molecule has 0 aliphatic rings. The van der Waals surface area contributed by atoms with Gasteiger partial charge in [-0.05, 0) is 75.2 Å². The third kappa shape index (κ3) is 15.0. The normalized spacial score (nSPS) is 13.8. The van der Waals surface area contributed by atoms with Crippen molar-refractivity contribution >= 4 is 24.2 Å². The molecule has 0 bridgehead atoms. The number of hydrogen-bond donors (Lipinski definition) is 5. The first-order valence-electron chi connectivity index (χ1n) is 11.7. The van der Waals surface area contributed by atoms with Crippen LogP contribution in [0, 0.1) is 0 Å². The number of nitrogens with two attached hydrogens (primary N) is 1. The molecule has 0 radical (unpaired) electrons. The molecular weight excluding hydrogens is 458 g/mol. The fraction of sp³-hybridized carbons (Fsp3) is 0.826. The Hall–Kier alpha value is -2.76. The van der Waals surface area contributed by atoms with Gasteiger partial charge in [-0.25, -0.2) is 14.4 Å². The molecule has 2 atom stereocenters. The first kappa shape index (κ1) is 32.2. The van der Waals surface area contributed by atoms with Crippen LogP contribution in [0.4, 0.5) is 14.4 Å². The molecule has 0 aliphatic heterocycles. The predicted octanol–water partition coefficient (Wildman–Crippen LogP) is 2.41. The molecule has 0 aromatic heterocycles. The highest BCUT2D eigenvalue weighted by atomic mass is 16.6. The molecular formula is C23H45N5O7. The Balaban J connectivity index is 5.18. The third-order valence-electron chi connectivity index (χ3n) is 4.46. The Bertz CT molecular complexity index is 723. The van der Waals surface area contributed by atoms with E-state index in [2.05, 4.69) is 16.0 Å². The lowest BCUT2D eigenvalue weighted by molar-refractivity contribution is -0.123. The molecule has 12 heteroatoms. The molecule has 0 unspecified atom stereocenters. The van der Waals surface area contributed by atoms with Gasteiger partial charge in [0.05, 0.1) is 0 Å². The first-order chi connectivity index (χ1) is 15.7. The van der Waals surface area contributed by atoms with E-state index in [1.165, 1.54) is 4.90 Å². The molecule has 0 aliphatic carbocycles. The zero-order valence-corrected chi connectivity index (χ0v) is 22.6. The number of nitrogens with zero attached hydrogens (tertiary/aromatic N) is 1. The number of carboxylic acid groups (broad SMARTS) is 1. The summed E-state index contributed by atoms with van der Waals surface area (Å²) in [4.78, 5) is 49.8. The van der Waals surface area contributed by atoms with Gasteiger partial charge in [-0.3, -0.25) is 4.79 Å². The highest BCUT2D eigenvalue weighted by Crippen LogP contribution is 2.15. The van der Waals surface area contributed by atoms with Crippen LogP contribution in [0.15, 0.2) is 0 Å². The van der Waals surface area contributed by atoms with Crippen LogP contribution < -0.4 is 21.7 Å². The van der Waals surface area contributed by atoms with Crippen molar-refractivity contribution in [3.63, 3.8) is 0 Å². The van der Waals surface area contributed by atoms with Crippen LogP contribution in [0.3, 0.4) is 0 Å². The third-order valence-corrected chi connectivity index (χ3v) is 4.46. The van der Waals surface area contributed by atoms with Crippen molar-refractivity contribution in [1.29, 1.82) is 0 Å². The minimum Gasteiger partial charge on any atom is -0.465 e. The van der Waals surface area contributed by atoms with Crippen LogP contribution in [0.5, 0.6) is 0 Å². The average Bonchev–Trinajstić information content (AvgIpc) is 2.62. The van der Waals surface area contributed by atoms with E-state index in [9.17, 15) is 24.3 Å². The van der Waals surface area contributed by atoms with E-state index in [0.717, 1.165) is 0 Å². The maximum Gasteiger partial charge on any atom is 0.408 e. The van der Waals surface area contributed by atoms with E-state index in [4.69, 9.17) is 15.2 Å². The maximum absolute atomic E-state index is 12.6. The Morgan fingerprint density at radius 2 is 1.37 bits per heavy atom. The maximum atomic E-state index is 12.6. The van der Waals surface area contributed by atoms with Gasteiger partial charge in [-0.15, -0.1) is 0 Å². The lowest BCUT2D eigenvalue weighted by Gasteiger charge is -2.33. The Morgan fingerprint density at radius 3 is 1.77 bits per heavy atom. The van der Waals surface area contributed by atoms with Crippen LogP contribution in [-0.4, -0.2) is 82.7 Å². The summed E-state index contributed by atoms with van der Waals surface area (Å²) in [5, 5.41) is 17.3. The topological polar surface area (TPSA) is 172 Å². The van der Waals surface area contributed by atoms with E-state index < -0.39 is 53.0 Å². The van der Waals surface area contributed by atoms with Crippen LogP contribution in [-0.2, 0) is 14.3 Å². The molecule has 204 valence electrons. The lowest BCUT2D eigenvalue weighted by Crippen LogP contribution is -2.54. The number of carbonyl (C=O) groups is 4. The van der Waals surface area contributed by atoms with Crippen LogP contribution in [0.2, 0.25) is 0 Å². The van der Waals surface area contributed by atoms with Gasteiger partial charge in [0.25, 0.3) is 0 Å². The van der Waals surface area contributed by atoms with Gasteiger partial charge < -0.3 is 41.2 Å². The van der Waals surface area contributed by atoms with Gasteiger partial charge in [0.2, 0.25) is 5.91 Å². The second-order valence-corrected chi connectivity index (χ2v) is 11.3. The quantitative estimate of drug-likeness (QED) is 0.302. The minimum atomic E-state index is -1.04. The Kier molecular flexibility index (Phi) is 12.3. The second-order valence-electron chi connectivity index (χ2n) is 11.3. The van der Waals surface area contributed by atoms with Gasteiger partial charge in [0.1, 0.15) is 17.2 Å². The zero-order valence-electron chi connectivity index (χ0n) is 22.6. The number of rotatable bonds is 10. The molecule has 0 saturated carbocycles. The number of amides is 4. The summed E-state index contributed by atoms with van der Waals surface area (Å²) in [7, 11) is 0. The summed E-state index contributed by atoms with van der Waals surface area (Å²) in [6, 6.07) is -1.58. The van der Waals surface area contributed by atoms with E-state index >= 15 is 0 Å². The summed E-state index contributed by atoms with van der Waals surface area (Å²) in [6.45, 7) is 15.8. The van der Waals surface area contributed by atoms with Crippen molar-refractivity contribution < 1.29 is 33.8 Å².